The molecule has 0 spiro atoms. The van der Waals surface area contributed by atoms with Crippen LogP contribution in [0.1, 0.15) is 38.6 Å². The molecule has 1 amide bonds. The number of pyridine rings is 1. The fourth-order valence-electron chi connectivity index (χ4n) is 3.76. The number of anilines is 1. The Kier molecular flexibility index (Phi) is 6.58. The third-order valence-corrected chi connectivity index (χ3v) is 6.01. The quantitative estimate of drug-likeness (QED) is 0.265. The lowest BCUT2D eigenvalue weighted by Crippen LogP contribution is -2.17. The van der Waals surface area contributed by atoms with E-state index in [2.05, 4.69) is 31.3 Å². The first-order valence-corrected chi connectivity index (χ1v) is 11.2. The maximum absolute atomic E-state index is 13.4. The highest BCUT2D eigenvalue weighted by molar-refractivity contribution is 9.10. The van der Waals surface area contributed by atoms with Crippen molar-refractivity contribution in [2.75, 3.05) is 5.32 Å². The second-order valence-electron chi connectivity index (χ2n) is 8.07. The fraction of sp³-hybridized carbons (Fsp3) is 0.208. The molecule has 0 unspecified atom stereocenters. The molecule has 0 saturated carbocycles. The molecule has 0 bridgehead atoms. The van der Waals surface area contributed by atoms with E-state index in [4.69, 9.17) is 0 Å². The predicted octanol–water partition coefficient (Wildman–Crippen LogP) is 7.15. The Morgan fingerprint density at radius 3 is 2.39 bits per heavy atom. The number of alkyl halides is 6. The molecule has 0 aliphatic carbocycles. The van der Waals surface area contributed by atoms with Crippen LogP contribution in [0.4, 0.5) is 32.0 Å². The van der Waals surface area contributed by atoms with Crippen LogP contribution in [0, 0.1) is 13.8 Å². The molecule has 36 heavy (non-hydrogen) atoms. The Labute approximate surface area is 209 Å². The molecule has 2 aromatic heterocycles. The molecule has 5 nitrogen and oxygen atoms in total. The van der Waals surface area contributed by atoms with Crippen LogP contribution in [0.2, 0.25) is 0 Å². The number of amides is 1. The number of hydrogen-bond acceptors (Lipinski definition) is 3. The summed E-state index contributed by atoms with van der Waals surface area (Å²) in [6, 6.07) is 9.84. The zero-order chi connectivity index (χ0) is 26.4. The number of rotatable bonds is 4. The van der Waals surface area contributed by atoms with Gasteiger partial charge in [0, 0.05) is 9.86 Å². The lowest BCUT2D eigenvalue weighted by atomic mass is 10.1. The standard InChI is InChI=1S/C24H17BrF6N4O/c1-12-21(13(2)35(34-12)11-14-4-3-5-15(8-14)23(26,27)28)33-22(36)18-10-20(24(29,30)31)32-19-7-6-16(25)9-17(18)19/h3-10H,11H2,1-2H3,(H,33,36). The number of nitrogens with zero attached hydrogens (tertiary/aromatic N) is 3. The van der Waals surface area contributed by atoms with Gasteiger partial charge in [0.1, 0.15) is 5.69 Å². The van der Waals surface area contributed by atoms with Gasteiger partial charge in [-0.3, -0.25) is 9.48 Å². The average molecular weight is 571 g/mol. The first kappa shape index (κ1) is 25.7. The number of benzene rings is 2. The molecule has 0 atom stereocenters. The fourth-order valence-corrected chi connectivity index (χ4v) is 4.12. The Morgan fingerprint density at radius 2 is 1.72 bits per heavy atom. The van der Waals surface area contributed by atoms with Gasteiger partial charge in [0.15, 0.2) is 0 Å². The van der Waals surface area contributed by atoms with Crippen molar-refractivity contribution in [1.82, 2.24) is 14.8 Å². The van der Waals surface area contributed by atoms with Gasteiger partial charge in [0.05, 0.1) is 40.3 Å². The van der Waals surface area contributed by atoms with Crippen molar-refractivity contribution in [3.63, 3.8) is 0 Å². The van der Waals surface area contributed by atoms with E-state index >= 15 is 0 Å². The van der Waals surface area contributed by atoms with Crippen LogP contribution in [0.15, 0.2) is 53.0 Å². The van der Waals surface area contributed by atoms with Crippen LogP contribution >= 0.6 is 15.9 Å². The summed E-state index contributed by atoms with van der Waals surface area (Å²) in [5.41, 5.74) is -0.891. The van der Waals surface area contributed by atoms with E-state index in [-0.39, 0.29) is 28.7 Å². The van der Waals surface area contributed by atoms with E-state index in [0.29, 0.717) is 27.5 Å². The summed E-state index contributed by atoms with van der Waals surface area (Å²) >= 11 is 3.25. The molecule has 0 fully saturated rings. The largest absolute Gasteiger partial charge is 0.433 e. The lowest BCUT2D eigenvalue weighted by molar-refractivity contribution is -0.141. The number of carbonyl (C=O) groups is 1. The van der Waals surface area contributed by atoms with Gasteiger partial charge in [-0.1, -0.05) is 28.1 Å². The average Bonchev–Trinajstić information content (AvgIpc) is 3.04. The second kappa shape index (κ2) is 9.23. The number of nitrogens with one attached hydrogen (secondary N) is 1. The Bertz CT molecular complexity index is 1480. The molecular formula is C24H17BrF6N4O. The summed E-state index contributed by atoms with van der Waals surface area (Å²) in [7, 11) is 0. The van der Waals surface area contributed by atoms with Crippen molar-refractivity contribution < 1.29 is 31.1 Å². The van der Waals surface area contributed by atoms with Crippen molar-refractivity contribution in [2.45, 2.75) is 32.7 Å². The summed E-state index contributed by atoms with van der Waals surface area (Å²) in [4.78, 5) is 16.8. The van der Waals surface area contributed by atoms with Crippen molar-refractivity contribution >= 4 is 38.4 Å². The zero-order valence-electron chi connectivity index (χ0n) is 18.7. The molecule has 0 radical (unpaired) electrons. The Morgan fingerprint density at radius 1 is 1.00 bits per heavy atom. The molecule has 4 rings (SSSR count). The predicted molar refractivity (Wildman–Crippen MR) is 125 cm³/mol. The van der Waals surface area contributed by atoms with E-state index in [1.165, 1.54) is 35.0 Å². The van der Waals surface area contributed by atoms with Gasteiger partial charge in [-0.2, -0.15) is 31.4 Å². The van der Waals surface area contributed by atoms with Crippen LogP contribution in [0.25, 0.3) is 10.9 Å². The van der Waals surface area contributed by atoms with Crippen LogP contribution in [0.5, 0.6) is 0 Å². The number of carbonyl (C=O) groups excluding carboxylic acids is 1. The molecule has 12 heteroatoms. The van der Waals surface area contributed by atoms with Gasteiger partial charge < -0.3 is 5.32 Å². The van der Waals surface area contributed by atoms with E-state index in [1.54, 1.807) is 13.8 Å². The third kappa shape index (κ3) is 5.23. The van der Waals surface area contributed by atoms with Gasteiger partial charge in [-0.25, -0.2) is 4.98 Å². The van der Waals surface area contributed by atoms with Crippen LogP contribution in [0.3, 0.4) is 0 Å². The van der Waals surface area contributed by atoms with E-state index < -0.39 is 29.5 Å². The maximum Gasteiger partial charge on any atom is 0.433 e. The molecule has 2 aromatic carbocycles. The summed E-state index contributed by atoms with van der Waals surface area (Å²) in [5, 5.41) is 7.12. The van der Waals surface area contributed by atoms with Crippen LogP contribution in [-0.2, 0) is 18.9 Å². The summed E-state index contributed by atoms with van der Waals surface area (Å²) in [5.74, 6) is -0.809. The van der Waals surface area contributed by atoms with E-state index in [1.807, 2.05) is 0 Å². The normalized spacial score (nSPS) is 12.2. The highest BCUT2D eigenvalue weighted by Crippen LogP contribution is 2.33. The topological polar surface area (TPSA) is 59.8 Å². The van der Waals surface area contributed by atoms with Gasteiger partial charge in [0.2, 0.25) is 0 Å². The third-order valence-electron chi connectivity index (χ3n) is 5.51. The number of fused-ring (bicyclic) bond motifs is 1. The van der Waals surface area contributed by atoms with Gasteiger partial charge >= 0.3 is 12.4 Å². The van der Waals surface area contributed by atoms with E-state index in [9.17, 15) is 31.1 Å². The van der Waals surface area contributed by atoms with Gasteiger partial charge in [0.25, 0.3) is 5.91 Å². The van der Waals surface area contributed by atoms with Crippen LogP contribution in [-0.4, -0.2) is 20.7 Å². The number of aromatic nitrogens is 3. The molecule has 188 valence electrons. The lowest BCUT2D eigenvalue weighted by Gasteiger charge is -2.13. The highest BCUT2D eigenvalue weighted by atomic mass is 79.9. The van der Waals surface area contributed by atoms with Gasteiger partial charge in [-0.15, -0.1) is 0 Å². The number of aryl methyl sites for hydroxylation is 1. The molecule has 4 aromatic rings. The first-order chi connectivity index (χ1) is 16.7. The molecule has 0 saturated heterocycles. The van der Waals surface area contributed by atoms with Crippen molar-refractivity contribution in [3.05, 3.63) is 86.8 Å². The number of hydrogen-bond donors (Lipinski definition) is 1. The maximum atomic E-state index is 13.4. The molecule has 2 heterocycles. The Hall–Kier alpha value is -3.41. The summed E-state index contributed by atoms with van der Waals surface area (Å²) in [6.07, 6.45) is -9.26. The SMILES string of the molecule is Cc1nn(Cc2cccc(C(F)(F)F)c2)c(C)c1NC(=O)c1cc(C(F)(F)F)nc2ccc(Br)cc12. The zero-order valence-corrected chi connectivity index (χ0v) is 20.3. The van der Waals surface area contributed by atoms with Crippen LogP contribution < -0.4 is 5.32 Å². The first-order valence-electron chi connectivity index (χ1n) is 10.4. The second-order valence-corrected chi connectivity index (χ2v) is 8.99. The minimum absolute atomic E-state index is 0.00415. The Balaban J connectivity index is 1.69. The van der Waals surface area contributed by atoms with Crippen molar-refractivity contribution in [1.29, 1.82) is 0 Å². The smallest absolute Gasteiger partial charge is 0.319 e. The van der Waals surface area contributed by atoms with E-state index in [0.717, 1.165) is 12.1 Å². The monoisotopic (exact) mass is 570 g/mol. The minimum Gasteiger partial charge on any atom is -0.319 e. The van der Waals surface area contributed by atoms with Crippen molar-refractivity contribution in [3.8, 4) is 0 Å². The molecule has 1 N–H and O–H groups in total. The summed E-state index contributed by atoms with van der Waals surface area (Å²) < 4.78 is 81.4. The highest BCUT2D eigenvalue weighted by Gasteiger charge is 2.34. The summed E-state index contributed by atoms with van der Waals surface area (Å²) in [6.45, 7) is 3.18. The molecular weight excluding hydrogens is 554 g/mol. The van der Waals surface area contributed by atoms with Crippen molar-refractivity contribution in [2.24, 2.45) is 0 Å². The molecule has 0 aliphatic rings. The minimum atomic E-state index is -4.77. The number of halogens is 7. The van der Waals surface area contributed by atoms with Gasteiger partial charge in [-0.05, 0) is 55.8 Å². The molecule has 0 aliphatic heterocycles.